The minimum atomic E-state index is 0.0952. The predicted octanol–water partition coefficient (Wildman–Crippen LogP) is 1.36. The van der Waals surface area contributed by atoms with Crippen molar-refractivity contribution in [3.63, 3.8) is 0 Å². The van der Waals surface area contributed by atoms with Crippen molar-refractivity contribution >= 4 is 0 Å². The van der Waals surface area contributed by atoms with E-state index in [1.54, 1.807) is 0 Å². The lowest BCUT2D eigenvalue weighted by molar-refractivity contribution is -0.0232. The van der Waals surface area contributed by atoms with Crippen molar-refractivity contribution in [2.45, 2.75) is 45.7 Å². The van der Waals surface area contributed by atoms with Crippen LogP contribution < -0.4 is 5.32 Å². The summed E-state index contributed by atoms with van der Waals surface area (Å²) in [5.41, 5.74) is 2.48. The Hall–Kier alpha value is -0.910. The molecule has 1 aromatic rings. The summed E-state index contributed by atoms with van der Waals surface area (Å²) in [5.74, 6) is 0. The standard InChI is InChI=1S/C16H30N4O/c1-6-17-15(12-14-11-13(2)18-19(14)5)16(3,4)20-7-9-21-10-8-20/h11,15,17H,6-10,12H2,1-5H3. The quantitative estimate of drug-likeness (QED) is 0.860. The van der Waals surface area contributed by atoms with Crippen LogP contribution in [-0.2, 0) is 18.2 Å². The second-order valence-corrected chi connectivity index (χ2v) is 6.47. The van der Waals surface area contributed by atoms with Crippen LogP contribution in [0.5, 0.6) is 0 Å². The first-order valence-electron chi connectivity index (χ1n) is 8.01. The third-order valence-corrected chi connectivity index (χ3v) is 4.64. The molecule has 0 spiro atoms. The minimum Gasteiger partial charge on any atom is -0.379 e. The number of aromatic nitrogens is 2. The van der Waals surface area contributed by atoms with Gasteiger partial charge in [-0.15, -0.1) is 0 Å². The number of nitrogens with one attached hydrogen (secondary N) is 1. The van der Waals surface area contributed by atoms with Crippen LogP contribution in [0.25, 0.3) is 0 Å². The maximum atomic E-state index is 5.50. The van der Waals surface area contributed by atoms with Gasteiger partial charge < -0.3 is 10.1 Å². The van der Waals surface area contributed by atoms with Crippen molar-refractivity contribution in [1.29, 1.82) is 0 Å². The molecule has 1 unspecified atom stereocenters. The average Bonchev–Trinajstić information content (AvgIpc) is 2.77. The summed E-state index contributed by atoms with van der Waals surface area (Å²) in [7, 11) is 2.03. The zero-order chi connectivity index (χ0) is 15.5. The van der Waals surface area contributed by atoms with Gasteiger partial charge in [0, 0.05) is 43.8 Å². The van der Waals surface area contributed by atoms with E-state index in [1.165, 1.54) is 5.69 Å². The summed E-state index contributed by atoms with van der Waals surface area (Å²) in [6, 6.07) is 2.59. The van der Waals surface area contributed by atoms with Gasteiger partial charge in [-0.1, -0.05) is 6.92 Å². The molecule has 21 heavy (non-hydrogen) atoms. The van der Waals surface area contributed by atoms with Gasteiger partial charge in [0.15, 0.2) is 0 Å². The van der Waals surface area contributed by atoms with E-state index < -0.39 is 0 Å². The first kappa shape index (κ1) is 16.5. The van der Waals surface area contributed by atoms with Gasteiger partial charge in [0.05, 0.1) is 18.9 Å². The molecule has 2 heterocycles. The SMILES string of the molecule is CCNC(Cc1cc(C)nn1C)C(C)(C)N1CCOCC1. The van der Waals surface area contributed by atoms with Crippen LogP contribution in [0.1, 0.15) is 32.2 Å². The highest BCUT2D eigenvalue weighted by Gasteiger charge is 2.36. The Balaban J connectivity index is 2.14. The maximum Gasteiger partial charge on any atom is 0.0596 e. The molecule has 1 aliphatic heterocycles. The Morgan fingerprint density at radius 2 is 2.05 bits per heavy atom. The molecule has 5 heteroatoms. The number of nitrogens with zero attached hydrogens (tertiary/aromatic N) is 3. The Bertz CT molecular complexity index is 449. The van der Waals surface area contributed by atoms with Crippen molar-refractivity contribution in [3.8, 4) is 0 Å². The average molecular weight is 294 g/mol. The predicted molar refractivity (Wildman–Crippen MR) is 85.6 cm³/mol. The molecule has 5 nitrogen and oxygen atoms in total. The van der Waals surface area contributed by atoms with Gasteiger partial charge in [0.1, 0.15) is 0 Å². The van der Waals surface area contributed by atoms with E-state index in [-0.39, 0.29) is 5.54 Å². The Morgan fingerprint density at radius 3 is 2.57 bits per heavy atom. The smallest absolute Gasteiger partial charge is 0.0596 e. The Morgan fingerprint density at radius 1 is 1.38 bits per heavy atom. The summed E-state index contributed by atoms with van der Waals surface area (Å²) in [4.78, 5) is 2.55. The number of likely N-dealkylation sites (N-methyl/N-ethyl adjacent to an activating group) is 1. The van der Waals surface area contributed by atoms with Gasteiger partial charge in [-0.2, -0.15) is 5.10 Å². The topological polar surface area (TPSA) is 42.3 Å². The highest BCUT2D eigenvalue weighted by Crippen LogP contribution is 2.23. The molecule has 0 saturated carbocycles. The van der Waals surface area contributed by atoms with Crippen LogP contribution in [-0.4, -0.2) is 59.1 Å². The van der Waals surface area contributed by atoms with Gasteiger partial charge in [-0.3, -0.25) is 9.58 Å². The number of ether oxygens (including phenoxy) is 1. The van der Waals surface area contributed by atoms with E-state index in [2.05, 4.69) is 49.1 Å². The first-order chi connectivity index (χ1) is 9.95. The van der Waals surface area contributed by atoms with E-state index in [0.29, 0.717) is 6.04 Å². The van der Waals surface area contributed by atoms with Crippen molar-refractivity contribution in [2.75, 3.05) is 32.8 Å². The molecule has 0 radical (unpaired) electrons. The number of hydrogen-bond donors (Lipinski definition) is 1. The van der Waals surface area contributed by atoms with Crippen LogP contribution in [0.15, 0.2) is 6.07 Å². The van der Waals surface area contributed by atoms with Gasteiger partial charge in [-0.05, 0) is 33.4 Å². The number of morpholine rings is 1. The van der Waals surface area contributed by atoms with Crippen LogP contribution in [0, 0.1) is 6.92 Å². The summed E-state index contributed by atoms with van der Waals surface area (Å²) in [6.45, 7) is 13.6. The molecule has 1 atom stereocenters. The molecule has 120 valence electrons. The van der Waals surface area contributed by atoms with Gasteiger partial charge >= 0.3 is 0 Å². The molecule has 2 rings (SSSR count). The van der Waals surface area contributed by atoms with Crippen molar-refractivity contribution in [3.05, 3.63) is 17.5 Å². The molecule has 1 N–H and O–H groups in total. The maximum absolute atomic E-state index is 5.50. The van der Waals surface area contributed by atoms with E-state index in [1.807, 2.05) is 11.7 Å². The summed E-state index contributed by atoms with van der Waals surface area (Å²) in [6.07, 6.45) is 0.996. The van der Waals surface area contributed by atoms with E-state index in [9.17, 15) is 0 Å². The van der Waals surface area contributed by atoms with Crippen LogP contribution in [0.2, 0.25) is 0 Å². The summed E-state index contributed by atoms with van der Waals surface area (Å²) in [5, 5.41) is 8.16. The van der Waals surface area contributed by atoms with Gasteiger partial charge in [0.25, 0.3) is 0 Å². The third-order valence-electron chi connectivity index (χ3n) is 4.64. The Labute approximate surface area is 128 Å². The number of hydrogen-bond acceptors (Lipinski definition) is 4. The highest BCUT2D eigenvalue weighted by atomic mass is 16.5. The lowest BCUT2D eigenvalue weighted by atomic mass is 9.88. The lowest BCUT2D eigenvalue weighted by Gasteiger charge is -2.46. The monoisotopic (exact) mass is 294 g/mol. The van der Waals surface area contributed by atoms with E-state index in [4.69, 9.17) is 4.74 Å². The third kappa shape index (κ3) is 3.84. The van der Waals surface area contributed by atoms with Crippen LogP contribution in [0.4, 0.5) is 0 Å². The van der Waals surface area contributed by atoms with Crippen molar-refractivity contribution < 1.29 is 4.74 Å². The van der Waals surface area contributed by atoms with E-state index in [0.717, 1.165) is 45.0 Å². The van der Waals surface area contributed by atoms with Crippen molar-refractivity contribution in [1.82, 2.24) is 20.0 Å². The fourth-order valence-electron chi connectivity index (χ4n) is 3.24. The minimum absolute atomic E-state index is 0.0952. The normalized spacial score (nSPS) is 18.9. The largest absolute Gasteiger partial charge is 0.379 e. The van der Waals surface area contributed by atoms with Crippen LogP contribution >= 0.6 is 0 Å². The fraction of sp³-hybridized carbons (Fsp3) is 0.812. The molecular weight excluding hydrogens is 264 g/mol. The molecule has 1 aromatic heterocycles. The summed E-state index contributed by atoms with van der Waals surface area (Å²) < 4.78 is 7.51. The molecule has 0 aromatic carbocycles. The number of rotatable bonds is 6. The first-order valence-corrected chi connectivity index (χ1v) is 8.01. The molecule has 0 bridgehead atoms. The second-order valence-electron chi connectivity index (χ2n) is 6.47. The van der Waals surface area contributed by atoms with Crippen LogP contribution in [0.3, 0.4) is 0 Å². The van der Waals surface area contributed by atoms with Gasteiger partial charge in [-0.25, -0.2) is 0 Å². The molecule has 0 amide bonds. The molecule has 1 aliphatic rings. The zero-order valence-corrected chi connectivity index (χ0v) is 14.1. The highest BCUT2D eigenvalue weighted by molar-refractivity contribution is 5.12. The summed E-state index contributed by atoms with van der Waals surface area (Å²) >= 11 is 0. The lowest BCUT2D eigenvalue weighted by Crippen LogP contribution is -2.61. The van der Waals surface area contributed by atoms with E-state index >= 15 is 0 Å². The molecule has 0 aliphatic carbocycles. The van der Waals surface area contributed by atoms with Crippen molar-refractivity contribution in [2.24, 2.45) is 7.05 Å². The van der Waals surface area contributed by atoms with Gasteiger partial charge in [0.2, 0.25) is 0 Å². The second kappa shape index (κ2) is 6.90. The Kier molecular flexibility index (Phi) is 5.41. The fourth-order valence-corrected chi connectivity index (χ4v) is 3.24. The molecular formula is C16H30N4O. The zero-order valence-electron chi connectivity index (χ0n) is 14.1. The molecule has 1 saturated heterocycles. The molecule has 1 fully saturated rings. The number of aryl methyl sites for hydroxylation is 2.